The smallest absolute Gasteiger partial charge is 0.281 e. The highest BCUT2D eigenvalue weighted by molar-refractivity contribution is 7.98. The molecule has 2 heterocycles. The van der Waals surface area contributed by atoms with Gasteiger partial charge in [-0.05, 0) is 36.2 Å². The number of hydrogen-bond acceptors (Lipinski definition) is 4. The maximum absolute atomic E-state index is 13.2. The first-order valence-corrected chi connectivity index (χ1v) is 10.9. The van der Waals surface area contributed by atoms with Gasteiger partial charge in [-0.1, -0.05) is 65.3 Å². The van der Waals surface area contributed by atoms with Gasteiger partial charge < -0.3 is 0 Å². The zero-order valence-electron chi connectivity index (χ0n) is 15.7. The Morgan fingerprint density at radius 1 is 1.07 bits per heavy atom. The normalized spacial score (nSPS) is 11.3. The minimum atomic E-state index is -0.154. The third-order valence-corrected chi connectivity index (χ3v) is 6.18. The summed E-state index contributed by atoms with van der Waals surface area (Å²) < 4.78 is 3.40. The van der Waals surface area contributed by atoms with E-state index in [1.807, 2.05) is 61.7 Å². The number of aryl methyl sites for hydroxylation is 1. The number of halogens is 2. The standard InChI is InChI=1S/C21H18Cl2N4OS/c1-2-26-12-18-19(25-26)20(28)27(11-14-7-9-16(22)10-8-14)21(24-18)29-13-15-5-3-4-6-17(15)23/h3-10,12H,2,11,13H2,1H3. The van der Waals surface area contributed by atoms with E-state index in [0.29, 0.717) is 45.1 Å². The van der Waals surface area contributed by atoms with Crippen molar-refractivity contribution in [3.05, 3.63) is 86.3 Å². The molecule has 0 aliphatic heterocycles. The Labute approximate surface area is 182 Å². The molecule has 0 spiro atoms. The van der Waals surface area contributed by atoms with Crippen LogP contribution in [0.5, 0.6) is 0 Å². The van der Waals surface area contributed by atoms with Gasteiger partial charge in [0.25, 0.3) is 5.56 Å². The summed E-state index contributed by atoms with van der Waals surface area (Å²) >= 11 is 13.8. The van der Waals surface area contributed by atoms with Crippen LogP contribution in [0.2, 0.25) is 10.0 Å². The molecule has 0 unspecified atom stereocenters. The Morgan fingerprint density at radius 3 is 2.55 bits per heavy atom. The second-order valence-electron chi connectivity index (χ2n) is 6.51. The Balaban J connectivity index is 1.76. The van der Waals surface area contributed by atoms with Crippen molar-refractivity contribution in [2.75, 3.05) is 0 Å². The first kappa shape index (κ1) is 20.0. The molecule has 4 rings (SSSR count). The van der Waals surface area contributed by atoms with E-state index in [1.165, 1.54) is 11.8 Å². The second-order valence-corrected chi connectivity index (χ2v) is 8.30. The molecular formula is C21H18Cl2N4OS. The van der Waals surface area contributed by atoms with Crippen LogP contribution in [-0.4, -0.2) is 19.3 Å². The molecule has 4 aromatic rings. The van der Waals surface area contributed by atoms with Gasteiger partial charge in [-0.25, -0.2) is 4.98 Å². The molecule has 8 heteroatoms. The maximum Gasteiger partial charge on any atom is 0.282 e. The molecule has 0 fully saturated rings. The molecular weight excluding hydrogens is 427 g/mol. The summed E-state index contributed by atoms with van der Waals surface area (Å²) in [4.78, 5) is 17.9. The molecule has 0 amide bonds. The van der Waals surface area contributed by atoms with Gasteiger partial charge in [0.15, 0.2) is 10.7 Å². The van der Waals surface area contributed by atoms with Gasteiger partial charge in [-0.2, -0.15) is 5.10 Å². The molecule has 0 saturated carbocycles. The monoisotopic (exact) mass is 444 g/mol. The summed E-state index contributed by atoms with van der Waals surface area (Å²) in [6.45, 7) is 3.04. The van der Waals surface area contributed by atoms with Crippen LogP contribution in [0.3, 0.4) is 0 Å². The Kier molecular flexibility index (Phi) is 5.94. The predicted molar refractivity (Wildman–Crippen MR) is 119 cm³/mol. The lowest BCUT2D eigenvalue weighted by Gasteiger charge is -2.12. The molecule has 5 nitrogen and oxygen atoms in total. The molecule has 0 aliphatic rings. The zero-order valence-corrected chi connectivity index (χ0v) is 18.0. The van der Waals surface area contributed by atoms with Crippen molar-refractivity contribution in [1.29, 1.82) is 0 Å². The Morgan fingerprint density at radius 2 is 1.83 bits per heavy atom. The minimum Gasteiger partial charge on any atom is -0.281 e. The molecule has 148 valence electrons. The minimum absolute atomic E-state index is 0.154. The van der Waals surface area contributed by atoms with E-state index in [-0.39, 0.29) is 5.56 Å². The van der Waals surface area contributed by atoms with Gasteiger partial charge in [-0.3, -0.25) is 14.0 Å². The average Bonchev–Trinajstić information content (AvgIpc) is 3.15. The quantitative estimate of drug-likeness (QED) is 0.300. The molecule has 2 aromatic heterocycles. The van der Waals surface area contributed by atoms with Gasteiger partial charge in [0.05, 0.1) is 12.7 Å². The van der Waals surface area contributed by atoms with E-state index < -0.39 is 0 Å². The van der Waals surface area contributed by atoms with Crippen LogP contribution in [0, 0.1) is 0 Å². The van der Waals surface area contributed by atoms with E-state index in [4.69, 9.17) is 28.2 Å². The summed E-state index contributed by atoms with van der Waals surface area (Å²) in [7, 11) is 0. The van der Waals surface area contributed by atoms with Crippen molar-refractivity contribution < 1.29 is 0 Å². The number of fused-ring (bicyclic) bond motifs is 1. The van der Waals surface area contributed by atoms with Crippen LogP contribution in [0.1, 0.15) is 18.1 Å². The van der Waals surface area contributed by atoms with Crippen molar-refractivity contribution in [3.8, 4) is 0 Å². The van der Waals surface area contributed by atoms with E-state index in [2.05, 4.69) is 5.10 Å². The lowest BCUT2D eigenvalue weighted by atomic mass is 10.2. The van der Waals surface area contributed by atoms with E-state index >= 15 is 0 Å². The van der Waals surface area contributed by atoms with Crippen LogP contribution < -0.4 is 5.56 Å². The average molecular weight is 445 g/mol. The van der Waals surface area contributed by atoms with Crippen LogP contribution >= 0.6 is 35.0 Å². The van der Waals surface area contributed by atoms with Crippen LogP contribution in [-0.2, 0) is 18.8 Å². The molecule has 29 heavy (non-hydrogen) atoms. The highest BCUT2D eigenvalue weighted by Crippen LogP contribution is 2.26. The first-order valence-electron chi connectivity index (χ1n) is 9.14. The summed E-state index contributed by atoms with van der Waals surface area (Å²) in [5, 5.41) is 6.38. The highest BCUT2D eigenvalue weighted by Gasteiger charge is 2.16. The van der Waals surface area contributed by atoms with Crippen molar-refractivity contribution in [2.24, 2.45) is 0 Å². The van der Waals surface area contributed by atoms with Crippen LogP contribution in [0.25, 0.3) is 11.0 Å². The second kappa shape index (κ2) is 8.61. The van der Waals surface area contributed by atoms with Gasteiger partial charge >= 0.3 is 0 Å². The fourth-order valence-electron chi connectivity index (χ4n) is 2.96. The van der Waals surface area contributed by atoms with Gasteiger partial charge in [-0.15, -0.1) is 0 Å². The third-order valence-electron chi connectivity index (χ3n) is 4.53. The molecule has 0 N–H and O–H groups in total. The molecule has 0 aliphatic carbocycles. The van der Waals surface area contributed by atoms with Crippen molar-refractivity contribution in [3.63, 3.8) is 0 Å². The predicted octanol–water partition coefficient (Wildman–Crippen LogP) is 5.26. The molecule has 0 bridgehead atoms. The van der Waals surface area contributed by atoms with E-state index in [0.717, 1.165) is 11.1 Å². The third kappa shape index (κ3) is 4.34. The summed E-state index contributed by atoms with van der Waals surface area (Å²) in [5.41, 5.74) is 2.79. The SMILES string of the molecule is CCn1cc2nc(SCc3ccccc3Cl)n(Cc3ccc(Cl)cc3)c(=O)c2n1. The van der Waals surface area contributed by atoms with E-state index in [9.17, 15) is 4.79 Å². The highest BCUT2D eigenvalue weighted by atomic mass is 35.5. The first-order chi connectivity index (χ1) is 14.0. The maximum atomic E-state index is 13.2. The van der Waals surface area contributed by atoms with Gasteiger partial charge in [0, 0.05) is 22.3 Å². The van der Waals surface area contributed by atoms with Crippen LogP contribution in [0.4, 0.5) is 0 Å². The van der Waals surface area contributed by atoms with Gasteiger partial charge in [0.1, 0.15) is 5.52 Å². The zero-order chi connectivity index (χ0) is 20.4. The van der Waals surface area contributed by atoms with E-state index in [1.54, 1.807) is 9.25 Å². The Hall–Kier alpha value is -2.28. The number of rotatable bonds is 6. The fourth-order valence-corrected chi connectivity index (χ4v) is 4.38. The summed E-state index contributed by atoms with van der Waals surface area (Å²) in [5.74, 6) is 0.611. The lowest BCUT2D eigenvalue weighted by molar-refractivity contribution is 0.650. The molecule has 0 radical (unpaired) electrons. The number of hydrogen-bond donors (Lipinski definition) is 0. The number of benzene rings is 2. The van der Waals surface area contributed by atoms with Crippen LogP contribution in [0.15, 0.2) is 64.7 Å². The molecule has 2 aromatic carbocycles. The number of nitrogens with zero attached hydrogens (tertiary/aromatic N) is 4. The largest absolute Gasteiger partial charge is 0.282 e. The molecule has 0 saturated heterocycles. The number of aromatic nitrogens is 4. The molecule has 0 atom stereocenters. The topological polar surface area (TPSA) is 52.7 Å². The fraction of sp³-hybridized carbons (Fsp3) is 0.190. The van der Waals surface area contributed by atoms with Crippen molar-refractivity contribution in [1.82, 2.24) is 19.3 Å². The van der Waals surface area contributed by atoms with Crippen molar-refractivity contribution >= 4 is 46.0 Å². The lowest BCUT2D eigenvalue weighted by Crippen LogP contribution is -2.24. The summed E-state index contributed by atoms with van der Waals surface area (Å²) in [6, 6.07) is 15.1. The number of thioether (sulfide) groups is 1. The van der Waals surface area contributed by atoms with Gasteiger partial charge in [0.2, 0.25) is 0 Å². The Bertz CT molecular complexity index is 1220. The van der Waals surface area contributed by atoms with Crippen molar-refractivity contribution in [2.45, 2.75) is 30.9 Å². The summed E-state index contributed by atoms with van der Waals surface area (Å²) in [6.07, 6.45) is 1.81.